The van der Waals surface area contributed by atoms with Crippen LogP contribution < -0.4 is 5.32 Å². The molecule has 20 heavy (non-hydrogen) atoms. The first-order chi connectivity index (χ1) is 9.76. The molecular formula is C15H22N4O. The molecule has 0 spiro atoms. The van der Waals surface area contributed by atoms with Crippen LogP contribution in [0.5, 0.6) is 0 Å². The Bertz CT molecular complexity index is 559. The van der Waals surface area contributed by atoms with E-state index in [9.17, 15) is 0 Å². The van der Waals surface area contributed by atoms with Crippen LogP contribution in [0.1, 0.15) is 36.5 Å². The van der Waals surface area contributed by atoms with Gasteiger partial charge in [0, 0.05) is 25.9 Å². The number of aromatic nitrogens is 3. The molecule has 0 aromatic carbocycles. The molecule has 1 atom stereocenters. The average Bonchev–Trinajstić information content (AvgIpc) is 3.04. The Morgan fingerprint density at radius 1 is 1.40 bits per heavy atom. The molecule has 3 rings (SSSR count). The molecule has 0 saturated heterocycles. The lowest BCUT2D eigenvalue weighted by Crippen LogP contribution is -2.30. The zero-order chi connectivity index (χ0) is 13.9. The monoisotopic (exact) mass is 274 g/mol. The summed E-state index contributed by atoms with van der Waals surface area (Å²) < 4.78 is 7.86. The molecule has 5 nitrogen and oxygen atoms in total. The molecule has 2 aromatic heterocycles. The van der Waals surface area contributed by atoms with Gasteiger partial charge in [0.15, 0.2) is 0 Å². The SMILES string of the molecule is CCc1nnc2n1C[C@H](CNCc1ccc(C)o1)CC2. The smallest absolute Gasteiger partial charge is 0.133 e. The zero-order valence-corrected chi connectivity index (χ0v) is 12.2. The predicted octanol–water partition coefficient (Wildman–Crippen LogP) is 2.09. The summed E-state index contributed by atoms with van der Waals surface area (Å²) in [6.45, 7) is 6.97. The Balaban J connectivity index is 1.52. The van der Waals surface area contributed by atoms with Gasteiger partial charge in [-0.05, 0) is 31.4 Å². The van der Waals surface area contributed by atoms with Crippen LogP contribution in [0.4, 0.5) is 0 Å². The van der Waals surface area contributed by atoms with E-state index < -0.39 is 0 Å². The molecule has 2 aromatic rings. The van der Waals surface area contributed by atoms with Gasteiger partial charge in [-0.3, -0.25) is 0 Å². The summed E-state index contributed by atoms with van der Waals surface area (Å²) in [4.78, 5) is 0. The Morgan fingerprint density at radius 2 is 2.30 bits per heavy atom. The summed E-state index contributed by atoms with van der Waals surface area (Å²) in [6, 6.07) is 4.05. The van der Waals surface area contributed by atoms with Crippen LogP contribution in [-0.2, 0) is 25.9 Å². The fraction of sp³-hybridized carbons (Fsp3) is 0.600. The van der Waals surface area contributed by atoms with Crippen molar-refractivity contribution in [3.05, 3.63) is 35.3 Å². The molecule has 0 amide bonds. The second-order valence-corrected chi connectivity index (χ2v) is 5.54. The van der Waals surface area contributed by atoms with E-state index in [-0.39, 0.29) is 0 Å². The molecular weight excluding hydrogens is 252 g/mol. The highest BCUT2D eigenvalue weighted by Gasteiger charge is 2.21. The van der Waals surface area contributed by atoms with Gasteiger partial charge in [-0.1, -0.05) is 6.92 Å². The van der Waals surface area contributed by atoms with Crippen molar-refractivity contribution in [1.29, 1.82) is 0 Å². The first-order valence-electron chi connectivity index (χ1n) is 7.43. The Hall–Kier alpha value is -1.62. The highest BCUT2D eigenvalue weighted by molar-refractivity contribution is 5.05. The summed E-state index contributed by atoms with van der Waals surface area (Å²) in [7, 11) is 0. The normalized spacial score (nSPS) is 18.2. The lowest BCUT2D eigenvalue weighted by atomic mass is 9.99. The molecule has 1 aliphatic heterocycles. The van der Waals surface area contributed by atoms with Crippen LogP contribution in [0.25, 0.3) is 0 Å². The lowest BCUT2D eigenvalue weighted by Gasteiger charge is -2.24. The van der Waals surface area contributed by atoms with Crippen molar-refractivity contribution in [1.82, 2.24) is 20.1 Å². The third-order valence-electron chi connectivity index (χ3n) is 3.97. The minimum atomic E-state index is 0.653. The van der Waals surface area contributed by atoms with E-state index in [0.29, 0.717) is 5.92 Å². The molecule has 3 heterocycles. The summed E-state index contributed by atoms with van der Waals surface area (Å²) in [5, 5.41) is 12.0. The van der Waals surface area contributed by atoms with Crippen LogP contribution in [0, 0.1) is 12.8 Å². The van der Waals surface area contributed by atoms with E-state index in [1.165, 1.54) is 6.42 Å². The molecule has 0 saturated carbocycles. The predicted molar refractivity (Wildman–Crippen MR) is 76.4 cm³/mol. The highest BCUT2D eigenvalue weighted by atomic mass is 16.3. The minimum Gasteiger partial charge on any atom is -0.465 e. The van der Waals surface area contributed by atoms with E-state index >= 15 is 0 Å². The maximum absolute atomic E-state index is 5.57. The number of hydrogen-bond acceptors (Lipinski definition) is 4. The average molecular weight is 274 g/mol. The van der Waals surface area contributed by atoms with Crippen molar-refractivity contribution in [2.24, 2.45) is 5.92 Å². The van der Waals surface area contributed by atoms with Crippen molar-refractivity contribution in [2.45, 2.75) is 46.2 Å². The van der Waals surface area contributed by atoms with Gasteiger partial charge in [-0.15, -0.1) is 10.2 Å². The van der Waals surface area contributed by atoms with Crippen LogP contribution in [0.15, 0.2) is 16.5 Å². The number of hydrogen-bond donors (Lipinski definition) is 1. The van der Waals surface area contributed by atoms with E-state index in [1.807, 2.05) is 19.1 Å². The summed E-state index contributed by atoms with van der Waals surface area (Å²) in [6.07, 6.45) is 3.18. The molecule has 5 heteroatoms. The van der Waals surface area contributed by atoms with E-state index in [1.54, 1.807) is 0 Å². The fourth-order valence-electron chi connectivity index (χ4n) is 2.86. The molecule has 0 radical (unpaired) electrons. The second-order valence-electron chi connectivity index (χ2n) is 5.54. The minimum absolute atomic E-state index is 0.653. The van der Waals surface area contributed by atoms with Crippen molar-refractivity contribution in [3.8, 4) is 0 Å². The quantitative estimate of drug-likeness (QED) is 0.907. The van der Waals surface area contributed by atoms with E-state index in [4.69, 9.17) is 4.42 Å². The van der Waals surface area contributed by atoms with E-state index in [0.717, 1.165) is 55.6 Å². The zero-order valence-electron chi connectivity index (χ0n) is 12.2. The van der Waals surface area contributed by atoms with Crippen molar-refractivity contribution < 1.29 is 4.42 Å². The number of nitrogens with one attached hydrogen (secondary N) is 1. The molecule has 0 fully saturated rings. The van der Waals surface area contributed by atoms with Gasteiger partial charge in [0.1, 0.15) is 23.2 Å². The van der Waals surface area contributed by atoms with Gasteiger partial charge in [-0.2, -0.15) is 0 Å². The van der Waals surface area contributed by atoms with Gasteiger partial charge in [-0.25, -0.2) is 0 Å². The van der Waals surface area contributed by atoms with Gasteiger partial charge in [0.25, 0.3) is 0 Å². The summed E-state index contributed by atoms with van der Waals surface area (Å²) >= 11 is 0. The topological polar surface area (TPSA) is 55.9 Å². The van der Waals surface area contributed by atoms with Crippen LogP contribution in [0.3, 0.4) is 0 Å². The van der Waals surface area contributed by atoms with Gasteiger partial charge < -0.3 is 14.3 Å². The molecule has 108 valence electrons. The standard InChI is InChI=1S/C15H22N4O/c1-3-14-17-18-15-7-5-12(10-19(14)15)8-16-9-13-6-4-11(2)20-13/h4,6,12,16H,3,5,7-10H2,1-2H3/t12-/m0/s1. The maximum atomic E-state index is 5.57. The van der Waals surface area contributed by atoms with Crippen molar-refractivity contribution in [2.75, 3.05) is 6.54 Å². The third kappa shape index (κ3) is 2.77. The Morgan fingerprint density at radius 3 is 3.05 bits per heavy atom. The van der Waals surface area contributed by atoms with Crippen LogP contribution >= 0.6 is 0 Å². The second kappa shape index (κ2) is 5.79. The number of nitrogens with zero attached hydrogens (tertiary/aromatic N) is 3. The van der Waals surface area contributed by atoms with Crippen molar-refractivity contribution >= 4 is 0 Å². The Labute approximate surface area is 119 Å². The first-order valence-corrected chi connectivity index (χ1v) is 7.43. The Kier molecular flexibility index (Phi) is 3.87. The number of rotatable bonds is 5. The summed E-state index contributed by atoms with van der Waals surface area (Å²) in [5.74, 6) is 4.91. The van der Waals surface area contributed by atoms with Gasteiger partial charge in [0.05, 0.1) is 6.54 Å². The third-order valence-corrected chi connectivity index (χ3v) is 3.97. The molecule has 0 unspecified atom stereocenters. The fourth-order valence-corrected chi connectivity index (χ4v) is 2.86. The van der Waals surface area contributed by atoms with Crippen molar-refractivity contribution in [3.63, 3.8) is 0 Å². The van der Waals surface area contributed by atoms with Gasteiger partial charge >= 0.3 is 0 Å². The molecule has 0 aliphatic carbocycles. The molecule has 1 aliphatic rings. The molecule has 1 N–H and O–H groups in total. The van der Waals surface area contributed by atoms with Gasteiger partial charge in [0.2, 0.25) is 0 Å². The molecule has 0 bridgehead atoms. The number of aryl methyl sites for hydroxylation is 3. The lowest BCUT2D eigenvalue weighted by molar-refractivity contribution is 0.336. The van der Waals surface area contributed by atoms with Crippen LogP contribution in [0.2, 0.25) is 0 Å². The first kappa shape index (κ1) is 13.4. The van der Waals surface area contributed by atoms with E-state index in [2.05, 4.69) is 27.0 Å². The number of fused-ring (bicyclic) bond motifs is 1. The van der Waals surface area contributed by atoms with Crippen LogP contribution in [-0.4, -0.2) is 21.3 Å². The number of furan rings is 1. The summed E-state index contributed by atoms with van der Waals surface area (Å²) in [5.41, 5.74) is 0. The highest BCUT2D eigenvalue weighted by Crippen LogP contribution is 2.20. The largest absolute Gasteiger partial charge is 0.465 e. The maximum Gasteiger partial charge on any atom is 0.133 e.